The van der Waals surface area contributed by atoms with Crippen LogP contribution in [0.3, 0.4) is 0 Å². The summed E-state index contributed by atoms with van der Waals surface area (Å²) in [5.41, 5.74) is 17.2. The molecule has 11 aromatic carbocycles. The smallest absolute Gasteiger partial charge is 0.179 e. The van der Waals surface area contributed by atoms with Crippen LogP contribution in [-0.2, 0) is 0 Å². The second kappa shape index (κ2) is 15.8. The Morgan fingerprint density at radius 3 is 1.56 bits per heavy atom. The molecule has 0 N–H and O–H groups in total. The van der Waals surface area contributed by atoms with E-state index in [1.165, 1.54) is 124 Å². The Bertz CT molecular complexity index is 4150. The Morgan fingerprint density at radius 1 is 0.324 bits per heavy atom. The van der Waals surface area contributed by atoms with E-state index in [1.807, 2.05) is 11.3 Å². The van der Waals surface area contributed by atoms with Gasteiger partial charge in [-0.25, -0.2) is 0 Å². The number of thiophene rings is 1. The number of rotatable bonds is 7. The van der Waals surface area contributed by atoms with E-state index in [4.69, 9.17) is 0 Å². The molecule has 0 radical (unpaired) electrons. The first kappa shape index (κ1) is 40.5. The minimum atomic E-state index is -2.93. The summed E-state index contributed by atoms with van der Waals surface area (Å²) < 4.78 is 5.19. The second-order valence-corrected chi connectivity index (χ2v) is 24.2. The Labute approximate surface area is 418 Å². The fourth-order valence-corrected chi connectivity index (χ4v) is 19.3. The van der Waals surface area contributed by atoms with E-state index in [9.17, 15) is 0 Å². The lowest BCUT2D eigenvalue weighted by atomic mass is 9.60. The molecule has 2 unspecified atom stereocenters. The van der Waals surface area contributed by atoms with Crippen LogP contribution < -0.4 is 20.7 Å². The third-order valence-electron chi connectivity index (χ3n) is 15.9. The molecule has 3 aliphatic carbocycles. The van der Waals surface area contributed by atoms with Gasteiger partial charge in [0.15, 0.2) is 8.07 Å². The van der Waals surface area contributed by atoms with Gasteiger partial charge in [0.05, 0.1) is 16.7 Å². The van der Waals surface area contributed by atoms with Crippen molar-refractivity contribution in [2.24, 2.45) is 0 Å². The summed E-state index contributed by atoms with van der Waals surface area (Å²) in [6.45, 7) is 0. The van der Waals surface area contributed by atoms with Crippen molar-refractivity contribution >= 4 is 82.1 Å². The molecule has 0 saturated heterocycles. The minimum Gasteiger partial charge on any atom is -0.309 e. The number of aromatic nitrogens is 1. The van der Waals surface area contributed by atoms with E-state index in [0.717, 1.165) is 0 Å². The fourth-order valence-electron chi connectivity index (χ4n) is 13.1. The van der Waals surface area contributed by atoms with E-state index >= 15 is 0 Å². The molecule has 13 aromatic rings. The first-order chi connectivity index (χ1) is 35.3. The summed E-state index contributed by atoms with van der Waals surface area (Å²) in [7, 11) is -2.93. The summed E-state index contributed by atoms with van der Waals surface area (Å²) in [5.74, 6) is 0.114. The number of fused-ring (bicyclic) bond motifs is 6. The largest absolute Gasteiger partial charge is 0.309 e. The molecule has 16 rings (SSSR count). The highest BCUT2D eigenvalue weighted by molar-refractivity contribution is 7.25. The number of hydrogen-bond donors (Lipinski definition) is 0. The van der Waals surface area contributed by atoms with Gasteiger partial charge in [-0.15, -0.1) is 11.3 Å². The van der Waals surface area contributed by atoms with Crippen LogP contribution in [0.25, 0.3) is 69.9 Å². The van der Waals surface area contributed by atoms with E-state index in [1.54, 1.807) is 0 Å². The molecule has 3 heteroatoms. The predicted molar refractivity (Wildman–Crippen MR) is 303 cm³/mol. The Kier molecular flexibility index (Phi) is 9.05. The first-order valence-corrected chi connectivity index (χ1v) is 27.6. The Morgan fingerprint density at radius 2 is 0.831 bits per heavy atom. The van der Waals surface area contributed by atoms with Crippen LogP contribution in [0.15, 0.2) is 261 Å². The highest BCUT2D eigenvalue weighted by atomic mass is 32.1. The Hall–Kier alpha value is -8.34. The van der Waals surface area contributed by atoms with Gasteiger partial charge in [-0.3, -0.25) is 0 Å². The molecular formula is C68H45NSSi. The van der Waals surface area contributed by atoms with E-state index in [-0.39, 0.29) is 11.8 Å². The van der Waals surface area contributed by atoms with Gasteiger partial charge in [-0.2, -0.15) is 0 Å². The van der Waals surface area contributed by atoms with E-state index < -0.39 is 8.07 Å². The maximum Gasteiger partial charge on any atom is 0.179 e. The number of benzene rings is 11. The van der Waals surface area contributed by atoms with Crippen LogP contribution in [0.1, 0.15) is 45.2 Å². The maximum atomic E-state index is 2.53. The van der Waals surface area contributed by atoms with Crippen LogP contribution in [0, 0.1) is 0 Å². The number of para-hydroxylation sites is 2. The normalized spacial score (nSPS) is 14.8. The molecule has 0 saturated carbocycles. The lowest BCUT2D eigenvalue weighted by Gasteiger charge is -2.47. The van der Waals surface area contributed by atoms with Crippen molar-refractivity contribution in [1.82, 2.24) is 4.57 Å². The highest BCUT2D eigenvalue weighted by Gasteiger charge is 2.49. The van der Waals surface area contributed by atoms with Crippen molar-refractivity contribution in [3.63, 3.8) is 0 Å². The molecule has 0 spiro atoms. The summed E-state index contributed by atoms with van der Waals surface area (Å²) >= 11 is 1.87. The predicted octanol–water partition coefficient (Wildman–Crippen LogP) is 14.9. The molecule has 0 amide bonds. The molecule has 0 aliphatic heterocycles. The van der Waals surface area contributed by atoms with Gasteiger partial charge >= 0.3 is 0 Å². The molecule has 3 aliphatic rings. The third-order valence-corrected chi connectivity index (χ3v) is 21.9. The van der Waals surface area contributed by atoms with Crippen molar-refractivity contribution in [1.29, 1.82) is 0 Å². The zero-order valence-electron chi connectivity index (χ0n) is 38.8. The average Bonchev–Trinajstić information content (AvgIpc) is 3.99. The molecule has 2 heterocycles. The van der Waals surface area contributed by atoms with Crippen LogP contribution in [0.4, 0.5) is 0 Å². The molecule has 71 heavy (non-hydrogen) atoms. The zero-order valence-corrected chi connectivity index (χ0v) is 40.7. The SMILES string of the molecule is c1ccc([Si](c2ccccc2)(c2ccccc2)c2cccc3c2C2c4ccccc4C3c3cccc(-c4ccccc4-n4c5ccccc5c5cc(-c6ccc7sc8ccccc8c7c6)ccc54)c32)cc1. The molecule has 2 aromatic heterocycles. The van der Waals surface area contributed by atoms with Crippen molar-refractivity contribution in [3.05, 3.63) is 294 Å². The number of hydrogen-bond acceptors (Lipinski definition) is 1. The molecule has 2 atom stereocenters. The molecule has 0 fully saturated rings. The molecule has 332 valence electrons. The van der Waals surface area contributed by atoms with E-state index in [0.29, 0.717) is 0 Å². The van der Waals surface area contributed by atoms with Gasteiger partial charge in [0.2, 0.25) is 0 Å². The molecule has 1 nitrogen and oxygen atoms in total. The van der Waals surface area contributed by atoms with Gasteiger partial charge in [0.25, 0.3) is 0 Å². The average molecular weight is 936 g/mol. The third kappa shape index (κ3) is 5.85. The van der Waals surface area contributed by atoms with Crippen LogP contribution >= 0.6 is 11.3 Å². The molecule has 2 bridgehead atoms. The summed E-state index contributed by atoms with van der Waals surface area (Å²) in [5, 5.41) is 10.8. The number of nitrogens with zero attached hydrogens (tertiary/aromatic N) is 1. The van der Waals surface area contributed by atoms with Crippen molar-refractivity contribution < 1.29 is 0 Å². The monoisotopic (exact) mass is 935 g/mol. The minimum absolute atomic E-state index is 0.0167. The van der Waals surface area contributed by atoms with Gasteiger partial charge in [0.1, 0.15) is 0 Å². The van der Waals surface area contributed by atoms with Gasteiger partial charge in [-0.1, -0.05) is 218 Å². The zero-order chi connectivity index (χ0) is 46.6. The van der Waals surface area contributed by atoms with Gasteiger partial charge in [0, 0.05) is 48.3 Å². The van der Waals surface area contributed by atoms with Crippen molar-refractivity contribution in [2.75, 3.05) is 0 Å². The standard InChI is InChI=1S/C68H45NSSi/c1-4-20-46(21-5-1)71(47-22-6-2-7-23-47,48-24-8-3-9-25-48)64-37-19-33-56-65-53-29-10-11-30-54(53)68(67(56)64)66-52(31-18-32-55(65)66)49-26-12-15-34-59(49)69-60-35-16-13-27-50(60)57-42-44(38-40-61(57)69)45-39-41-63-58(43-45)51-28-14-17-36-62(51)70-63/h1-43,65,68H. The van der Waals surface area contributed by atoms with Crippen LogP contribution in [0.2, 0.25) is 0 Å². The van der Waals surface area contributed by atoms with Crippen LogP contribution in [-0.4, -0.2) is 12.6 Å². The van der Waals surface area contributed by atoms with E-state index in [2.05, 4.69) is 265 Å². The lowest BCUT2D eigenvalue weighted by Crippen LogP contribution is -2.75. The summed E-state index contributed by atoms with van der Waals surface area (Å²) in [6.07, 6.45) is 0. The van der Waals surface area contributed by atoms with Gasteiger partial charge < -0.3 is 4.57 Å². The first-order valence-electron chi connectivity index (χ1n) is 24.8. The second-order valence-electron chi connectivity index (χ2n) is 19.4. The van der Waals surface area contributed by atoms with Crippen LogP contribution in [0.5, 0.6) is 0 Å². The van der Waals surface area contributed by atoms with Crippen molar-refractivity contribution in [2.45, 2.75) is 11.8 Å². The lowest BCUT2D eigenvalue weighted by molar-refractivity contribution is 0.760. The quantitative estimate of drug-likeness (QED) is 0.111. The Balaban J connectivity index is 0.962. The highest BCUT2D eigenvalue weighted by Crippen LogP contribution is 2.58. The maximum absolute atomic E-state index is 2.93. The van der Waals surface area contributed by atoms with Crippen molar-refractivity contribution in [3.8, 4) is 27.9 Å². The fraction of sp³-hybridized carbons (Fsp3) is 0.0294. The summed E-state index contributed by atoms with van der Waals surface area (Å²) in [4.78, 5) is 0. The van der Waals surface area contributed by atoms with Gasteiger partial charge in [-0.05, 0) is 113 Å². The topological polar surface area (TPSA) is 4.93 Å². The molecular weight excluding hydrogens is 891 g/mol. The summed E-state index contributed by atoms with van der Waals surface area (Å²) in [6, 6.07) is 99.2.